The fourth-order valence-electron chi connectivity index (χ4n) is 2.70. The Morgan fingerprint density at radius 2 is 2.12 bits per heavy atom. The number of carbonyl (C=O) groups excluding carboxylic acids is 1. The molecule has 1 aromatic heterocycles. The number of nitrogens with zero attached hydrogens (tertiary/aromatic N) is 2. The van der Waals surface area contributed by atoms with E-state index in [1.165, 1.54) is 16.9 Å². The molecule has 0 spiro atoms. The molecule has 0 bridgehead atoms. The van der Waals surface area contributed by atoms with Crippen molar-refractivity contribution in [2.45, 2.75) is 37.5 Å². The fraction of sp³-hybridized carbons (Fsp3) is 0.238. The minimum Gasteiger partial charge on any atom is -0.312 e. The van der Waals surface area contributed by atoms with E-state index in [0.717, 1.165) is 15.1 Å². The van der Waals surface area contributed by atoms with E-state index in [1.54, 1.807) is 11.8 Å². The highest BCUT2D eigenvalue weighted by atomic mass is 32.2. The van der Waals surface area contributed by atoms with Crippen LogP contribution in [0.15, 0.2) is 65.0 Å². The summed E-state index contributed by atoms with van der Waals surface area (Å²) in [4.78, 5) is 19.0. The first-order valence-corrected chi connectivity index (χ1v) is 10.2. The Bertz CT molecular complexity index is 1030. The van der Waals surface area contributed by atoms with Crippen molar-refractivity contribution in [3.05, 3.63) is 71.0 Å². The van der Waals surface area contributed by atoms with E-state index in [4.69, 9.17) is 0 Å². The third-order valence-electron chi connectivity index (χ3n) is 3.80. The lowest BCUT2D eigenvalue weighted by Gasteiger charge is -2.05. The molecule has 0 aliphatic heterocycles. The van der Waals surface area contributed by atoms with Crippen molar-refractivity contribution in [3.63, 3.8) is 0 Å². The van der Waals surface area contributed by atoms with Gasteiger partial charge in [-0.15, -0.1) is 18.3 Å². The van der Waals surface area contributed by atoms with Gasteiger partial charge < -0.3 is 4.57 Å². The second-order valence-electron chi connectivity index (χ2n) is 6.37. The number of aryl methyl sites for hydroxylation is 1. The van der Waals surface area contributed by atoms with Crippen LogP contribution < -0.4 is 4.80 Å². The molecule has 0 atom stereocenters. The predicted octanol–water partition coefficient (Wildman–Crippen LogP) is 5.44. The molecule has 0 saturated heterocycles. The van der Waals surface area contributed by atoms with Crippen LogP contribution in [0.1, 0.15) is 29.8 Å². The van der Waals surface area contributed by atoms with Crippen LogP contribution in [0.5, 0.6) is 0 Å². The molecule has 0 saturated carbocycles. The summed E-state index contributed by atoms with van der Waals surface area (Å²) in [5.74, 6) is -0.211. The maximum Gasteiger partial charge on any atom is 0.279 e. The molecule has 1 heterocycles. The van der Waals surface area contributed by atoms with Gasteiger partial charge in [0, 0.05) is 22.3 Å². The van der Waals surface area contributed by atoms with Gasteiger partial charge in [0.1, 0.15) is 0 Å². The molecule has 0 aliphatic rings. The Morgan fingerprint density at radius 1 is 1.31 bits per heavy atom. The van der Waals surface area contributed by atoms with Crippen molar-refractivity contribution >= 4 is 39.2 Å². The number of allylic oxidation sites excluding steroid dienone is 1. The van der Waals surface area contributed by atoms with E-state index in [9.17, 15) is 4.79 Å². The minimum atomic E-state index is -0.211. The fourth-order valence-corrected chi connectivity index (χ4v) is 4.73. The number of thioether (sulfide) groups is 1. The molecule has 0 N–H and O–H groups in total. The molecule has 3 aromatic rings. The van der Waals surface area contributed by atoms with Crippen LogP contribution in [-0.4, -0.2) is 15.7 Å². The van der Waals surface area contributed by atoms with Gasteiger partial charge in [-0.2, -0.15) is 4.99 Å². The first-order chi connectivity index (χ1) is 12.5. The SMILES string of the molecule is C=CCn1c(=NC(=O)c2cccc(SC(C)C)c2)sc2cc(C)ccc21. The van der Waals surface area contributed by atoms with Crippen molar-refractivity contribution in [1.29, 1.82) is 0 Å². The summed E-state index contributed by atoms with van der Waals surface area (Å²) >= 11 is 3.28. The number of fused-ring (bicyclic) bond motifs is 1. The molecule has 3 rings (SSSR count). The summed E-state index contributed by atoms with van der Waals surface area (Å²) in [6, 6.07) is 14.0. The van der Waals surface area contributed by atoms with E-state index in [1.807, 2.05) is 34.9 Å². The van der Waals surface area contributed by atoms with Crippen molar-refractivity contribution in [1.82, 2.24) is 4.57 Å². The van der Waals surface area contributed by atoms with Crippen LogP contribution in [0, 0.1) is 6.92 Å². The minimum absolute atomic E-state index is 0.211. The van der Waals surface area contributed by atoms with Crippen molar-refractivity contribution in [3.8, 4) is 0 Å². The third-order valence-corrected chi connectivity index (χ3v) is 5.84. The number of amides is 1. The molecule has 0 unspecified atom stereocenters. The molecule has 3 nitrogen and oxygen atoms in total. The summed E-state index contributed by atoms with van der Waals surface area (Å²) in [5, 5.41) is 0.470. The largest absolute Gasteiger partial charge is 0.312 e. The molecule has 2 aromatic carbocycles. The van der Waals surface area contributed by atoms with Crippen molar-refractivity contribution < 1.29 is 4.79 Å². The lowest BCUT2D eigenvalue weighted by Crippen LogP contribution is -2.16. The quantitative estimate of drug-likeness (QED) is 0.435. The average Bonchev–Trinajstić information content (AvgIpc) is 2.91. The predicted molar refractivity (Wildman–Crippen MR) is 112 cm³/mol. The summed E-state index contributed by atoms with van der Waals surface area (Å²) < 4.78 is 3.17. The van der Waals surface area contributed by atoms with Crippen LogP contribution in [-0.2, 0) is 6.54 Å². The van der Waals surface area contributed by atoms with Gasteiger partial charge in [0.2, 0.25) is 0 Å². The number of benzene rings is 2. The zero-order valence-corrected chi connectivity index (χ0v) is 16.9. The van der Waals surface area contributed by atoms with Crippen LogP contribution in [0.3, 0.4) is 0 Å². The van der Waals surface area contributed by atoms with E-state index in [2.05, 4.69) is 50.5 Å². The van der Waals surface area contributed by atoms with Gasteiger partial charge in [-0.3, -0.25) is 4.79 Å². The number of aromatic nitrogens is 1. The van der Waals surface area contributed by atoms with Crippen molar-refractivity contribution in [2.24, 2.45) is 4.99 Å². The summed E-state index contributed by atoms with van der Waals surface area (Å²) in [6.07, 6.45) is 1.83. The standard InChI is InChI=1S/C21H22N2OS2/c1-5-11-23-18-10-9-15(4)12-19(18)26-21(23)22-20(24)16-7-6-8-17(13-16)25-14(2)3/h5-10,12-14H,1,11H2,2-4H3. The smallest absolute Gasteiger partial charge is 0.279 e. The van der Waals surface area contributed by atoms with Gasteiger partial charge in [0.25, 0.3) is 5.91 Å². The highest BCUT2D eigenvalue weighted by Crippen LogP contribution is 2.24. The van der Waals surface area contributed by atoms with Crippen LogP contribution in [0.2, 0.25) is 0 Å². The van der Waals surface area contributed by atoms with Gasteiger partial charge in [-0.1, -0.05) is 43.4 Å². The van der Waals surface area contributed by atoms with E-state index >= 15 is 0 Å². The lowest BCUT2D eigenvalue weighted by atomic mass is 10.2. The Labute approximate surface area is 162 Å². The molecule has 0 aliphatic carbocycles. The molecule has 134 valence electrons. The lowest BCUT2D eigenvalue weighted by molar-refractivity contribution is 0.0997. The molecule has 26 heavy (non-hydrogen) atoms. The number of carbonyl (C=O) groups is 1. The third kappa shape index (κ3) is 4.17. The monoisotopic (exact) mass is 382 g/mol. The van der Waals surface area contributed by atoms with Crippen LogP contribution in [0.25, 0.3) is 10.2 Å². The van der Waals surface area contributed by atoms with Gasteiger partial charge in [-0.05, 0) is 42.8 Å². The van der Waals surface area contributed by atoms with E-state index < -0.39 is 0 Å². The molecule has 0 radical (unpaired) electrons. The Balaban J connectivity index is 2.05. The number of hydrogen-bond acceptors (Lipinski definition) is 3. The normalized spacial score (nSPS) is 12.1. The van der Waals surface area contributed by atoms with Crippen LogP contribution in [0.4, 0.5) is 0 Å². The van der Waals surface area contributed by atoms with E-state index in [-0.39, 0.29) is 5.91 Å². The second-order valence-corrected chi connectivity index (χ2v) is 9.03. The summed E-state index contributed by atoms with van der Waals surface area (Å²) in [6.45, 7) is 10.8. The molecular weight excluding hydrogens is 360 g/mol. The first kappa shape index (κ1) is 18.7. The summed E-state index contributed by atoms with van der Waals surface area (Å²) in [7, 11) is 0. The molecule has 0 fully saturated rings. The number of thiazole rings is 1. The molecule has 1 amide bonds. The maximum atomic E-state index is 12.7. The molecular formula is C21H22N2OS2. The molecule has 5 heteroatoms. The summed E-state index contributed by atoms with van der Waals surface area (Å²) in [5.41, 5.74) is 2.89. The highest BCUT2D eigenvalue weighted by molar-refractivity contribution is 7.99. The zero-order valence-electron chi connectivity index (χ0n) is 15.2. The maximum absolute atomic E-state index is 12.7. The van der Waals surface area contributed by atoms with Crippen molar-refractivity contribution in [2.75, 3.05) is 0 Å². The van der Waals surface area contributed by atoms with E-state index in [0.29, 0.717) is 22.2 Å². The van der Waals surface area contributed by atoms with Gasteiger partial charge >= 0.3 is 0 Å². The topological polar surface area (TPSA) is 34.4 Å². The Morgan fingerprint density at radius 3 is 2.85 bits per heavy atom. The average molecular weight is 383 g/mol. The van der Waals surface area contributed by atoms with Crippen LogP contribution >= 0.6 is 23.1 Å². The Kier molecular flexibility index (Phi) is 5.79. The number of hydrogen-bond donors (Lipinski definition) is 0. The van der Waals surface area contributed by atoms with Gasteiger partial charge in [0.05, 0.1) is 10.2 Å². The first-order valence-electron chi connectivity index (χ1n) is 8.54. The zero-order chi connectivity index (χ0) is 18.7. The Hall–Kier alpha value is -2.11. The second kappa shape index (κ2) is 8.06. The van der Waals surface area contributed by atoms with Gasteiger partial charge in [0.15, 0.2) is 4.80 Å². The van der Waals surface area contributed by atoms with Gasteiger partial charge in [-0.25, -0.2) is 0 Å². The highest BCUT2D eigenvalue weighted by Gasteiger charge is 2.10. The number of rotatable bonds is 5.